The van der Waals surface area contributed by atoms with Crippen molar-refractivity contribution >= 4 is 13.1 Å². The number of rotatable bonds is 4. The Kier molecular flexibility index (Phi) is 5.62. The summed E-state index contributed by atoms with van der Waals surface area (Å²) >= 11 is 0. The summed E-state index contributed by atoms with van der Waals surface area (Å²) in [5, 5.41) is 20.9. The minimum absolute atomic E-state index is 0.175. The molecule has 0 aromatic carbocycles. The molecule has 0 radical (unpaired) electrons. The second-order valence-corrected chi connectivity index (χ2v) is 4.31. The van der Waals surface area contributed by atoms with Crippen LogP contribution in [-0.4, -0.2) is 47.1 Å². The highest BCUT2D eigenvalue weighted by molar-refractivity contribution is 6.43. The van der Waals surface area contributed by atoms with Crippen LogP contribution in [0.4, 0.5) is 4.79 Å². The molecule has 5 nitrogen and oxygen atoms in total. The van der Waals surface area contributed by atoms with Crippen LogP contribution in [0.25, 0.3) is 0 Å². The molecule has 1 aliphatic heterocycles. The van der Waals surface area contributed by atoms with Crippen molar-refractivity contribution in [3.8, 4) is 0 Å². The summed E-state index contributed by atoms with van der Waals surface area (Å²) < 4.78 is 0. The molecule has 1 rings (SSSR count). The maximum absolute atomic E-state index is 11.8. The van der Waals surface area contributed by atoms with Crippen molar-refractivity contribution in [3.05, 3.63) is 0 Å². The molecule has 16 heavy (non-hydrogen) atoms. The Morgan fingerprint density at radius 1 is 1.38 bits per heavy atom. The van der Waals surface area contributed by atoms with Gasteiger partial charge in [-0.3, -0.25) is 0 Å². The average molecular weight is 228 g/mol. The monoisotopic (exact) mass is 228 g/mol. The molecular formula is C10H21BN2O3. The van der Waals surface area contributed by atoms with Gasteiger partial charge in [-0.2, -0.15) is 0 Å². The molecule has 1 unspecified atom stereocenters. The smallest absolute Gasteiger partial charge is 0.426 e. The minimum atomic E-state index is -1.48. The minimum Gasteiger partial charge on any atom is -0.426 e. The van der Waals surface area contributed by atoms with E-state index in [1.54, 1.807) is 4.90 Å². The zero-order valence-corrected chi connectivity index (χ0v) is 9.85. The lowest BCUT2D eigenvalue weighted by molar-refractivity contribution is 0.183. The fourth-order valence-electron chi connectivity index (χ4n) is 1.95. The van der Waals surface area contributed by atoms with Crippen molar-refractivity contribution in [3.63, 3.8) is 0 Å². The van der Waals surface area contributed by atoms with Gasteiger partial charge in [0.15, 0.2) is 0 Å². The van der Waals surface area contributed by atoms with Crippen LogP contribution in [0.15, 0.2) is 0 Å². The highest BCUT2D eigenvalue weighted by Crippen LogP contribution is 2.09. The number of urea groups is 1. The first-order chi connectivity index (χ1) is 7.65. The second-order valence-electron chi connectivity index (χ2n) is 4.31. The lowest BCUT2D eigenvalue weighted by Gasteiger charge is -2.29. The SMILES string of the molecule is CCCC(NC(=O)N1CCCCC1)B(O)O. The molecule has 1 atom stereocenters. The van der Waals surface area contributed by atoms with E-state index in [1.807, 2.05) is 6.92 Å². The summed E-state index contributed by atoms with van der Waals surface area (Å²) in [6.45, 7) is 3.49. The van der Waals surface area contributed by atoms with E-state index in [1.165, 1.54) is 6.42 Å². The quantitative estimate of drug-likeness (QED) is 0.608. The van der Waals surface area contributed by atoms with E-state index in [2.05, 4.69) is 5.32 Å². The largest absolute Gasteiger partial charge is 0.475 e. The fraction of sp³-hybridized carbons (Fsp3) is 0.900. The van der Waals surface area contributed by atoms with Gasteiger partial charge < -0.3 is 20.3 Å². The lowest BCUT2D eigenvalue weighted by atomic mass is 9.77. The Morgan fingerprint density at radius 2 is 2.00 bits per heavy atom. The topological polar surface area (TPSA) is 72.8 Å². The van der Waals surface area contributed by atoms with Gasteiger partial charge in [0.1, 0.15) is 0 Å². The maximum Gasteiger partial charge on any atom is 0.475 e. The van der Waals surface area contributed by atoms with Gasteiger partial charge in [0.05, 0.1) is 5.94 Å². The first-order valence-corrected chi connectivity index (χ1v) is 6.06. The zero-order chi connectivity index (χ0) is 12.0. The van der Waals surface area contributed by atoms with Gasteiger partial charge in [-0.05, 0) is 25.7 Å². The molecular weight excluding hydrogens is 207 g/mol. The second kappa shape index (κ2) is 6.76. The van der Waals surface area contributed by atoms with Gasteiger partial charge in [-0.1, -0.05) is 13.3 Å². The van der Waals surface area contributed by atoms with Crippen LogP contribution in [0.5, 0.6) is 0 Å². The Hall–Kier alpha value is -0.745. The van der Waals surface area contributed by atoms with E-state index in [0.717, 1.165) is 32.4 Å². The molecule has 0 aromatic heterocycles. The maximum atomic E-state index is 11.8. The number of carbonyl (C=O) groups is 1. The number of amides is 2. The number of carbonyl (C=O) groups excluding carboxylic acids is 1. The number of piperidine rings is 1. The Labute approximate surface area is 97.0 Å². The predicted molar refractivity (Wildman–Crippen MR) is 62.8 cm³/mol. The molecule has 92 valence electrons. The van der Waals surface area contributed by atoms with E-state index < -0.39 is 13.1 Å². The normalized spacial score (nSPS) is 18.1. The number of hydrogen-bond acceptors (Lipinski definition) is 3. The van der Waals surface area contributed by atoms with Gasteiger partial charge in [0.25, 0.3) is 0 Å². The van der Waals surface area contributed by atoms with Gasteiger partial charge in [0, 0.05) is 13.1 Å². The third-order valence-electron chi connectivity index (χ3n) is 2.91. The van der Waals surface area contributed by atoms with Crippen LogP contribution >= 0.6 is 0 Å². The summed E-state index contributed by atoms with van der Waals surface area (Å²) in [7, 11) is -1.48. The molecule has 1 fully saturated rings. The standard InChI is InChI=1S/C10H21BN2O3/c1-2-6-9(11(15)16)12-10(14)13-7-4-3-5-8-13/h9,15-16H,2-8H2,1H3,(H,12,14). The Bertz CT molecular complexity index is 220. The molecule has 0 aromatic rings. The van der Waals surface area contributed by atoms with Crippen LogP contribution < -0.4 is 5.32 Å². The number of likely N-dealkylation sites (tertiary alicyclic amines) is 1. The highest BCUT2D eigenvalue weighted by Gasteiger charge is 2.26. The zero-order valence-electron chi connectivity index (χ0n) is 9.85. The van der Waals surface area contributed by atoms with Crippen molar-refractivity contribution in [2.45, 2.75) is 45.0 Å². The van der Waals surface area contributed by atoms with E-state index in [0.29, 0.717) is 6.42 Å². The first-order valence-electron chi connectivity index (χ1n) is 6.06. The third-order valence-corrected chi connectivity index (χ3v) is 2.91. The Morgan fingerprint density at radius 3 is 2.50 bits per heavy atom. The highest BCUT2D eigenvalue weighted by atomic mass is 16.4. The Balaban J connectivity index is 2.40. The summed E-state index contributed by atoms with van der Waals surface area (Å²) in [6, 6.07) is -0.175. The molecule has 3 N–H and O–H groups in total. The molecule has 0 aliphatic carbocycles. The van der Waals surface area contributed by atoms with Gasteiger partial charge in [-0.25, -0.2) is 4.79 Å². The van der Waals surface area contributed by atoms with Crippen LogP contribution in [0, 0.1) is 0 Å². The van der Waals surface area contributed by atoms with Crippen LogP contribution in [0.2, 0.25) is 0 Å². The average Bonchev–Trinajstić information content (AvgIpc) is 2.29. The van der Waals surface area contributed by atoms with Crippen molar-refractivity contribution in [1.82, 2.24) is 10.2 Å². The molecule has 0 bridgehead atoms. The van der Waals surface area contributed by atoms with Crippen LogP contribution in [-0.2, 0) is 0 Å². The number of nitrogens with one attached hydrogen (secondary N) is 1. The van der Waals surface area contributed by atoms with Crippen molar-refractivity contribution in [1.29, 1.82) is 0 Å². The van der Waals surface area contributed by atoms with Crippen molar-refractivity contribution < 1.29 is 14.8 Å². The molecule has 0 spiro atoms. The fourth-order valence-corrected chi connectivity index (χ4v) is 1.95. The van der Waals surface area contributed by atoms with Crippen LogP contribution in [0.3, 0.4) is 0 Å². The number of nitrogens with zero attached hydrogens (tertiary/aromatic N) is 1. The van der Waals surface area contributed by atoms with Crippen molar-refractivity contribution in [2.75, 3.05) is 13.1 Å². The molecule has 0 saturated carbocycles. The molecule has 1 heterocycles. The lowest BCUT2D eigenvalue weighted by Crippen LogP contribution is -2.52. The summed E-state index contributed by atoms with van der Waals surface area (Å²) in [6.07, 6.45) is 4.63. The molecule has 2 amide bonds. The van der Waals surface area contributed by atoms with Gasteiger partial charge in [0.2, 0.25) is 0 Å². The summed E-state index contributed by atoms with van der Waals surface area (Å²) in [4.78, 5) is 13.5. The molecule has 6 heteroatoms. The number of hydrogen-bond donors (Lipinski definition) is 3. The van der Waals surface area contributed by atoms with Gasteiger partial charge in [-0.15, -0.1) is 0 Å². The van der Waals surface area contributed by atoms with E-state index in [-0.39, 0.29) is 6.03 Å². The summed E-state index contributed by atoms with van der Waals surface area (Å²) in [5.74, 6) is -0.556. The summed E-state index contributed by atoms with van der Waals surface area (Å²) in [5.41, 5.74) is 0. The van der Waals surface area contributed by atoms with E-state index in [9.17, 15) is 4.79 Å². The molecule has 1 saturated heterocycles. The predicted octanol–water partition coefficient (Wildman–Crippen LogP) is 0.363. The molecule has 1 aliphatic rings. The van der Waals surface area contributed by atoms with Crippen LogP contribution in [0.1, 0.15) is 39.0 Å². The van der Waals surface area contributed by atoms with Gasteiger partial charge >= 0.3 is 13.1 Å². The van der Waals surface area contributed by atoms with Crippen molar-refractivity contribution in [2.24, 2.45) is 0 Å². The van der Waals surface area contributed by atoms with E-state index in [4.69, 9.17) is 10.0 Å². The first kappa shape index (κ1) is 13.3. The van der Waals surface area contributed by atoms with E-state index >= 15 is 0 Å². The third kappa shape index (κ3) is 4.02.